The smallest absolute Gasteiger partial charge is 0.243 e. The molecule has 186 valence electrons. The Labute approximate surface area is 227 Å². The molecule has 0 spiro atoms. The molecule has 0 atom stereocenters. The van der Waals surface area contributed by atoms with Crippen LogP contribution in [-0.4, -0.2) is 18.9 Å². The third kappa shape index (κ3) is 6.44. The summed E-state index contributed by atoms with van der Waals surface area (Å²) < 4.78 is 48.8. The van der Waals surface area contributed by atoms with Crippen LogP contribution in [0.5, 0.6) is 0 Å². The van der Waals surface area contributed by atoms with E-state index in [2.05, 4.69) is 20.9 Å². The van der Waals surface area contributed by atoms with Crippen LogP contribution in [0.1, 0.15) is 22.6 Å². The Balaban J connectivity index is 1.62. The fourth-order valence-electron chi connectivity index (χ4n) is 3.37. The van der Waals surface area contributed by atoms with Crippen LogP contribution in [0.25, 0.3) is 0 Å². The first kappa shape index (κ1) is 26.6. The zero-order valence-electron chi connectivity index (χ0n) is 19.0. The van der Waals surface area contributed by atoms with Gasteiger partial charge in [0.05, 0.1) is 23.3 Å². The second-order valence-corrected chi connectivity index (χ2v) is 11.7. The van der Waals surface area contributed by atoms with Crippen LogP contribution in [-0.2, 0) is 23.1 Å². The summed E-state index contributed by atoms with van der Waals surface area (Å²) in [4.78, 5) is 4.28. The van der Waals surface area contributed by atoms with E-state index in [9.17, 15) is 12.8 Å². The lowest BCUT2D eigenvalue weighted by Crippen LogP contribution is -2.30. The van der Waals surface area contributed by atoms with Crippen LogP contribution < -0.4 is 0 Å². The molecule has 0 aliphatic carbocycles. The lowest BCUT2D eigenvalue weighted by Gasteiger charge is -2.22. The highest BCUT2D eigenvalue weighted by Gasteiger charge is 2.27. The van der Waals surface area contributed by atoms with Gasteiger partial charge in [-0.05, 0) is 67.1 Å². The van der Waals surface area contributed by atoms with Gasteiger partial charge in [-0.15, -0.1) is 0 Å². The minimum atomic E-state index is -3.90. The first-order chi connectivity index (χ1) is 17.1. The van der Waals surface area contributed by atoms with E-state index in [-0.39, 0.29) is 23.7 Å². The van der Waals surface area contributed by atoms with Gasteiger partial charge in [0.2, 0.25) is 10.0 Å². The zero-order chi connectivity index (χ0) is 25.9. The number of benzene rings is 3. The molecule has 10 heteroatoms. The normalized spacial score (nSPS) is 12.1. The predicted octanol–water partition coefficient (Wildman–Crippen LogP) is 7.94. The van der Waals surface area contributed by atoms with Crippen LogP contribution in [0.2, 0.25) is 10.0 Å². The second-order valence-electron chi connectivity index (χ2n) is 7.98. The predicted molar refractivity (Wildman–Crippen MR) is 144 cm³/mol. The summed E-state index contributed by atoms with van der Waals surface area (Å²) in [5.41, 5.74) is 1.69. The summed E-state index contributed by atoms with van der Waals surface area (Å²) in [7, 11) is -3.90. The molecule has 4 rings (SSSR count). The molecule has 0 amide bonds. The Morgan fingerprint density at radius 1 is 1.00 bits per heavy atom. The van der Waals surface area contributed by atoms with Crippen LogP contribution >= 0.6 is 39.1 Å². The van der Waals surface area contributed by atoms with E-state index in [0.29, 0.717) is 31.6 Å². The van der Waals surface area contributed by atoms with E-state index in [1.54, 1.807) is 60.7 Å². The third-order valence-electron chi connectivity index (χ3n) is 5.28. The van der Waals surface area contributed by atoms with Crippen LogP contribution in [0.4, 0.5) is 10.1 Å². The molecule has 1 aromatic heterocycles. The average Bonchev–Trinajstić information content (AvgIpc) is 3.27. The number of nitrogens with zero attached hydrogens (tertiary/aromatic N) is 2. The second kappa shape index (κ2) is 11.3. The van der Waals surface area contributed by atoms with Crippen LogP contribution in [0, 0.1) is 12.7 Å². The molecule has 0 saturated carbocycles. The molecule has 0 saturated heterocycles. The molecule has 3 aromatic carbocycles. The number of hydrogen-bond donors (Lipinski definition) is 0. The summed E-state index contributed by atoms with van der Waals surface area (Å²) in [6.45, 7) is 1.82. The van der Waals surface area contributed by atoms with E-state index >= 15 is 0 Å². The van der Waals surface area contributed by atoms with E-state index in [1.165, 1.54) is 22.7 Å². The molecule has 5 nitrogen and oxygen atoms in total. The highest BCUT2D eigenvalue weighted by Crippen LogP contribution is 2.27. The largest absolute Gasteiger partial charge is 0.459 e. The standard InChI is InChI=1S/C26H20BrCl2FN2O3S/c1-17-2-9-23(10-3-17)36(33,34)32(15-18-4-6-20(28)13-24(18)29)16-22-8-7-21(35-22)14-31-26-11-5-19(27)12-25(26)30/h2-14H,15-16H2,1H3. The van der Waals surface area contributed by atoms with Gasteiger partial charge in [-0.1, -0.05) is 62.9 Å². The van der Waals surface area contributed by atoms with Gasteiger partial charge in [-0.25, -0.2) is 17.8 Å². The van der Waals surface area contributed by atoms with Crippen LogP contribution in [0.3, 0.4) is 0 Å². The monoisotopic (exact) mass is 608 g/mol. The van der Waals surface area contributed by atoms with Gasteiger partial charge < -0.3 is 4.42 Å². The van der Waals surface area contributed by atoms with Crippen LogP contribution in [0.15, 0.2) is 91.6 Å². The van der Waals surface area contributed by atoms with Crippen molar-refractivity contribution in [3.05, 3.63) is 116 Å². The topological polar surface area (TPSA) is 62.9 Å². The quantitative estimate of drug-likeness (QED) is 0.191. The van der Waals surface area contributed by atoms with Crippen molar-refractivity contribution in [1.29, 1.82) is 0 Å². The molecule has 0 N–H and O–H groups in total. The lowest BCUT2D eigenvalue weighted by atomic mass is 10.2. The molecule has 36 heavy (non-hydrogen) atoms. The molecule has 0 aliphatic rings. The number of furan rings is 1. The van der Waals surface area contributed by atoms with Gasteiger partial charge in [-0.3, -0.25) is 0 Å². The fraction of sp³-hybridized carbons (Fsp3) is 0.115. The van der Waals surface area contributed by atoms with Gasteiger partial charge >= 0.3 is 0 Å². The van der Waals surface area contributed by atoms with Crippen molar-refractivity contribution in [3.63, 3.8) is 0 Å². The highest BCUT2D eigenvalue weighted by atomic mass is 79.9. The van der Waals surface area contributed by atoms with Gasteiger partial charge in [0.15, 0.2) is 0 Å². The van der Waals surface area contributed by atoms with Crippen molar-refractivity contribution in [2.24, 2.45) is 4.99 Å². The number of rotatable bonds is 8. The molecule has 0 unspecified atom stereocenters. The minimum absolute atomic E-state index is 0.000435. The molecule has 0 bridgehead atoms. The van der Waals surface area contributed by atoms with Crippen molar-refractivity contribution >= 4 is 61.1 Å². The van der Waals surface area contributed by atoms with Crippen molar-refractivity contribution < 1.29 is 17.2 Å². The average molecular weight is 610 g/mol. The van der Waals surface area contributed by atoms with Gasteiger partial charge in [-0.2, -0.15) is 4.31 Å². The number of halogens is 4. The molecule has 4 aromatic rings. The summed E-state index contributed by atoms with van der Waals surface area (Å²) >= 11 is 15.6. The van der Waals surface area contributed by atoms with E-state index in [0.717, 1.165) is 5.56 Å². The first-order valence-electron chi connectivity index (χ1n) is 10.7. The Kier molecular flexibility index (Phi) is 8.32. The van der Waals surface area contributed by atoms with Crippen molar-refractivity contribution in [2.75, 3.05) is 0 Å². The maximum absolute atomic E-state index is 14.0. The number of aryl methyl sites for hydroxylation is 1. The fourth-order valence-corrected chi connectivity index (χ4v) is 5.55. The molecule has 0 fully saturated rings. The zero-order valence-corrected chi connectivity index (χ0v) is 22.9. The van der Waals surface area contributed by atoms with E-state index in [4.69, 9.17) is 27.6 Å². The van der Waals surface area contributed by atoms with Gasteiger partial charge in [0.1, 0.15) is 17.3 Å². The SMILES string of the molecule is Cc1ccc(S(=O)(=O)N(Cc2ccc(C=Nc3ccc(Br)cc3F)o2)Cc2ccc(Cl)cc2Cl)cc1. The summed E-state index contributed by atoms with van der Waals surface area (Å²) in [5, 5.41) is 0.810. The summed E-state index contributed by atoms with van der Waals surface area (Å²) in [5.74, 6) is 0.251. The third-order valence-corrected chi connectivity index (χ3v) is 8.16. The van der Waals surface area contributed by atoms with Crippen molar-refractivity contribution in [1.82, 2.24) is 4.31 Å². The minimum Gasteiger partial charge on any atom is -0.459 e. The maximum atomic E-state index is 14.0. The van der Waals surface area contributed by atoms with Gasteiger partial charge in [0.25, 0.3) is 0 Å². The first-order valence-corrected chi connectivity index (χ1v) is 13.7. The summed E-state index contributed by atoms with van der Waals surface area (Å²) in [6, 6.07) is 19.3. The summed E-state index contributed by atoms with van der Waals surface area (Å²) in [6.07, 6.45) is 1.38. The van der Waals surface area contributed by atoms with Gasteiger partial charge in [0, 0.05) is 21.1 Å². The lowest BCUT2D eigenvalue weighted by molar-refractivity contribution is 0.357. The van der Waals surface area contributed by atoms with Crippen molar-refractivity contribution in [2.45, 2.75) is 24.9 Å². The highest BCUT2D eigenvalue weighted by molar-refractivity contribution is 9.10. The molecule has 0 radical (unpaired) electrons. The molecular weight excluding hydrogens is 590 g/mol. The number of aliphatic imine (C=N–C) groups is 1. The van der Waals surface area contributed by atoms with E-state index in [1.807, 2.05) is 6.92 Å². The number of sulfonamides is 1. The van der Waals surface area contributed by atoms with Crippen molar-refractivity contribution in [3.8, 4) is 0 Å². The Hall–Kier alpha value is -2.49. The molecule has 1 heterocycles. The Morgan fingerprint density at radius 2 is 1.75 bits per heavy atom. The Bertz CT molecular complexity index is 1520. The van der Waals surface area contributed by atoms with E-state index < -0.39 is 15.8 Å². The Morgan fingerprint density at radius 3 is 2.44 bits per heavy atom. The molecule has 0 aliphatic heterocycles. The number of hydrogen-bond acceptors (Lipinski definition) is 4. The molecular formula is C26H20BrCl2FN2O3S. The maximum Gasteiger partial charge on any atom is 0.243 e.